The van der Waals surface area contributed by atoms with Crippen LogP contribution in [0.2, 0.25) is 0 Å². The molecule has 0 radical (unpaired) electrons. The molecule has 7 heteroatoms. The number of nitrogens with zero attached hydrogens (tertiary/aromatic N) is 3. The normalized spacial score (nSPS) is 25.1. The lowest BCUT2D eigenvalue weighted by Crippen LogP contribution is -2.66. The van der Waals surface area contributed by atoms with E-state index in [1.807, 2.05) is 66.4 Å². The number of benzene rings is 1. The highest BCUT2D eigenvalue weighted by Gasteiger charge is 2.61. The first-order valence-corrected chi connectivity index (χ1v) is 10.8. The van der Waals surface area contributed by atoms with Crippen molar-refractivity contribution in [3.05, 3.63) is 81.2 Å². The Hall–Kier alpha value is -3.22. The van der Waals surface area contributed by atoms with Crippen LogP contribution in [0, 0.1) is 40.9 Å². The van der Waals surface area contributed by atoms with E-state index in [1.54, 1.807) is 0 Å². The number of rotatable bonds is 4. The van der Waals surface area contributed by atoms with E-state index in [0.29, 0.717) is 5.57 Å². The summed E-state index contributed by atoms with van der Waals surface area (Å²) in [6.07, 6.45) is 5.51. The topological polar surface area (TPSA) is 108 Å². The molecule has 2 aromatic rings. The second-order valence-electron chi connectivity index (χ2n) is 8.03. The van der Waals surface area contributed by atoms with Gasteiger partial charge in [0.15, 0.2) is 12.4 Å². The number of aliphatic hydroxyl groups is 1. The lowest BCUT2D eigenvalue weighted by atomic mass is 9.74. The van der Waals surface area contributed by atoms with Gasteiger partial charge >= 0.3 is 0 Å². The summed E-state index contributed by atoms with van der Waals surface area (Å²) in [5, 5.41) is 42.4. The molecule has 0 spiro atoms. The first-order chi connectivity index (χ1) is 14.9. The summed E-state index contributed by atoms with van der Waals surface area (Å²) >= 11 is 3.46. The fourth-order valence-corrected chi connectivity index (χ4v) is 4.63. The van der Waals surface area contributed by atoms with Gasteiger partial charge in [0.05, 0.1) is 23.3 Å². The standard InChI is InChI=1S/C24H21BrN5O/c1-15-8-10-30(11-9-15)23-21(16-2-6-19(25)7-3-16)20(14-28)22(17(12-26)13-27)29-24(23,31)18-4-5-18/h2-3,6-11,18,21,23,26,29,31H,4-5H2,1H3/q+1/t21-,23-,24-/m0/s1. The highest BCUT2D eigenvalue weighted by molar-refractivity contribution is 9.10. The number of aromatic nitrogens is 1. The Morgan fingerprint density at radius 1 is 1.19 bits per heavy atom. The molecule has 0 amide bonds. The maximum Gasteiger partial charge on any atom is 0.216 e. The Morgan fingerprint density at radius 3 is 2.35 bits per heavy atom. The van der Waals surface area contributed by atoms with Crippen molar-refractivity contribution in [2.24, 2.45) is 5.92 Å². The maximum absolute atomic E-state index is 12.0. The van der Waals surface area contributed by atoms with Crippen LogP contribution < -0.4 is 9.88 Å². The van der Waals surface area contributed by atoms with Gasteiger partial charge in [0, 0.05) is 22.5 Å². The van der Waals surface area contributed by atoms with Crippen molar-refractivity contribution in [2.75, 3.05) is 0 Å². The molecule has 2 heterocycles. The van der Waals surface area contributed by atoms with Gasteiger partial charge in [-0.15, -0.1) is 0 Å². The molecule has 3 atom stereocenters. The van der Waals surface area contributed by atoms with Crippen molar-refractivity contribution < 1.29 is 9.67 Å². The Balaban J connectivity index is 2.03. The van der Waals surface area contributed by atoms with Crippen molar-refractivity contribution >= 4 is 21.8 Å². The molecule has 4 rings (SSSR count). The molecule has 1 fully saturated rings. The van der Waals surface area contributed by atoms with Crippen LogP contribution in [-0.2, 0) is 0 Å². The number of allylic oxidation sites excluding steroid dienone is 2. The minimum absolute atomic E-state index is 0.0369. The van der Waals surface area contributed by atoms with Gasteiger partial charge in [-0.05, 0) is 48.9 Å². The van der Waals surface area contributed by atoms with Crippen LogP contribution in [0.1, 0.15) is 35.9 Å². The fourth-order valence-electron chi connectivity index (χ4n) is 4.36. The van der Waals surface area contributed by atoms with E-state index >= 15 is 0 Å². The first-order valence-electron chi connectivity index (χ1n) is 10.0. The molecular formula is C24H21BrN5O+. The molecule has 1 aromatic heterocycles. The molecule has 154 valence electrons. The van der Waals surface area contributed by atoms with Crippen LogP contribution in [0.25, 0.3) is 0 Å². The van der Waals surface area contributed by atoms with Gasteiger partial charge in [-0.2, -0.15) is 15.1 Å². The smallest absolute Gasteiger partial charge is 0.216 e. The lowest BCUT2D eigenvalue weighted by molar-refractivity contribution is -0.742. The van der Waals surface area contributed by atoms with E-state index in [4.69, 9.17) is 5.41 Å². The largest absolute Gasteiger partial charge is 0.365 e. The fraction of sp³-hybridized carbons (Fsp3) is 0.292. The quantitative estimate of drug-likeness (QED) is 0.357. The Bertz CT molecular complexity index is 1180. The Kier molecular flexibility index (Phi) is 5.52. The van der Waals surface area contributed by atoms with Gasteiger partial charge in [0.2, 0.25) is 11.8 Å². The third-order valence-electron chi connectivity index (χ3n) is 6.05. The highest BCUT2D eigenvalue weighted by Crippen LogP contribution is 2.52. The average molecular weight is 475 g/mol. The Labute approximate surface area is 189 Å². The van der Waals surface area contributed by atoms with Gasteiger partial charge in [-0.1, -0.05) is 28.1 Å². The molecule has 0 unspecified atom stereocenters. The molecular weight excluding hydrogens is 454 g/mol. The summed E-state index contributed by atoms with van der Waals surface area (Å²) in [6.45, 7) is 2.00. The monoisotopic (exact) mass is 474 g/mol. The summed E-state index contributed by atoms with van der Waals surface area (Å²) in [5.74, 6) is 1.57. The second-order valence-corrected chi connectivity index (χ2v) is 8.95. The van der Waals surface area contributed by atoms with Crippen molar-refractivity contribution in [1.29, 1.82) is 15.9 Å². The van der Waals surface area contributed by atoms with Crippen molar-refractivity contribution in [3.8, 4) is 12.1 Å². The summed E-state index contributed by atoms with van der Waals surface area (Å²) in [7, 11) is 0. The predicted octanol–water partition coefficient (Wildman–Crippen LogP) is 3.55. The third kappa shape index (κ3) is 3.69. The zero-order chi connectivity index (χ0) is 22.2. The SMILES string of the molecule is Cc1cc[n+]([C@H]2[C@@H](c3ccc(Br)cc3)C(C#N)=C(C(=C=N)C#N)N[C@]2(O)C2CC2)cc1. The Morgan fingerprint density at radius 2 is 1.84 bits per heavy atom. The zero-order valence-electron chi connectivity index (χ0n) is 16.9. The van der Waals surface area contributed by atoms with Crippen LogP contribution in [0.15, 0.2) is 70.1 Å². The molecule has 1 saturated carbocycles. The van der Waals surface area contributed by atoms with Crippen LogP contribution in [0.4, 0.5) is 0 Å². The van der Waals surface area contributed by atoms with Crippen molar-refractivity contribution in [2.45, 2.75) is 37.5 Å². The van der Waals surface area contributed by atoms with Crippen molar-refractivity contribution in [1.82, 2.24) is 5.32 Å². The van der Waals surface area contributed by atoms with Crippen molar-refractivity contribution in [3.63, 3.8) is 0 Å². The molecule has 3 N–H and O–H groups in total. The summed E-state index contributed by atoms with van der Waals surface area (Å²) in [4.78, 5) is 0. The molecule has 6 nitrogen and oxygen atoms in total. The van der Waals surface area contributed by atoms with E-state index in [1.165, 1.54) is 0 Å². The second kappa shape index (κ2) is 8.13. The molecule has 1 aliphatic heterocycles. The maximum atomic E-state index is 12.0. The number of halogens is 1. The van der Waals surface area contributed by atoms with E-state index in [2.05, 4.69) is 33.2 Å². The zero-order valence-corrected chi connectivity index (χ0v) is 18.5. The number of hydrogen-bond donors (Lipinski definition) is 3. The van der Waals surface area contributed by atoms with Gasteiger partial charge in [0.25, 0.3) is 0 Å². The van der Waals surface area contributed by atoms with Gasteiger partial charge in [-0.3, -0.25) is 5.41 Å². The van der Waals surface area contributed by atoms with E-state index < -0.39 is 17.7 Å². The molecule has 0 saturated heterocycles. The van der Waals surface area contributed by atoms with Gasteiger partial charge in [0.1, 0.15) is 11.6 Å². The number of nitrogens with one attached hydrogen (secondary N) is 2. The van der Waals surface area contributed by atoms with E-state index in [-0.39, 0.29) is 17.2 Å². The highest BCUT2D eigenvalue weighted by atomic mass is 79.9. The summed E-state index contributed by atoms with van der Waals surface area (Å²) in [5.41, 5.74) is 0.939. The number of hydrogen-bond acceptors (Lipinski definition) is 5. The number of nitriles is 2. The third-order valence-corrected chi connectivity index (χ3v) is 6.58. The van der Waals surface area contributed by atoms with Crippen LogP contribution in [0.3, 0.4) is 0 Å². The summed E-state index contributed by atoms with van der Waals surface area (Å²) in [6, 6.07) is 15.3. The van der Waals surface area contributed by atoms with Crippen LogP contribution in [0.5, 0.6) is 0 Å². The minimum Gasteiger partial charge on any atom is -0.365 e. The van der Waals surface area contributed by atoms with Gasteiger partial charge < -0.3 is 10.4 Å². The lowest BCUT2D eigenvalue weighted by Gasteiger charge is -2.43. The first kappa shape index (κ1) is 21.0. The molecule has 0 bridgehead atoms. The van der Waals surface area contributed by atoms with E-state index in [0.717, 1.165) is 28.4 Å². The molecule has 1 aromatic carbocycles. The summed E-state index contributed by atoms with van der Waals surface area (Å²) < 4.78 is 2.85. The van der Waals surface area contributed by atoms with Crippen LogP contribution >= 0.6 is 15.9 Å². The minimum atomic E-state index is -1.40. The average Bonchev–Trinajstić information content (AvgIpc) is 3.62. The number of aryl methyl sites for hydroxylation is 1. The number of pyridine rings is 1. The predicted molar refractivity (Wildman–Crippen MR) is 118 cm³/mol. The van der Waals surface area contributed by atoms with Gasteiger partial charge in [-0.25, -0.2) is 0 Å². The van der Waals surface area contributed by atoms with Crippen LogP contribution in [-0.4, -0.2) is 16.7 Å². The molecule has 31 heavy (non-hydrogen) atoms. The molecule has 1 aliphatic carbocycles. The molecule has 2 aliphatic rings. The van der Waals surface area contributed by atoms with E-state index in [9.17, 15) is 15.6 Å².